The van der Waals surface area contributed by atoms with E-state index in [-0.39, 0.29) is 12.6 Å². The molecule has 0 saturated heterocycles. The number of hydrogen-bond donors (Lipinski definition) is 1. The van der Waals surface area contributed by atoms with E-state index in [2.05, 4.69) is 6.92 Å². The van der Waals surface area contributed by atoms with Gasteiger partial charge in [0.1, 0.15) is 12.4 Å². The van der Waals surface area contributed by atoms with Crippen LogP contribution in [0.25, 0.3) is 0 Å². The normalized spacial score (nSPS) is 13.5. The molecule has 0 heterocycles. The van der Waals surface area contributed by atoms with Crippen molar-refractivity contribution < 1.29 is 4.74 Å². The van der Waals surface area contributed by atoms with Crippen LogP contribution < -0.4 is 10.5 Å². The molecular weight excluding hydrogens is 257 g/mol. The first-order valence-corrected chi connectivity index (χ1v) is 6.39. The minimum absolute atomic E-state index is 0.152. The van der Waals surface area contributed by atoms with Crippen molar-refractivity contribution in [3.8, 4) is 5.75 Å². The summed E-state index contributed by atoms with van der Waals surface area (Å²) in [5.41, 5.74) is 8.35. The van der Waals surface area contributed by atoms with Crippen LogP contribution in [0.5, 0.6) is 5.75 Å². The second kappa shape index (κ2) is 7.59. The molecule has 2 nitrogen and oxygen atoms in total. The van der Waals surface area contributed by atoms with Crippen LogP contribution in [0.2, 0.25) is 0 Å². The molecule has 4 heteroatoms. The highest BCUT2D eigenvalue weighted by Crippen LogP contribution is 2.21. The van der Waals surface area contributed by atoms with Crippen molar-refractivity contribution in [1.29, 1.82) is 0 Å². The van der Waals surface area contributed by atoms with Crippen molar-refractivity contribution in [2.45, 2.75) is 25.8 Å². The summed E-state index contributed by atoms with van der Waals surface area (Å²) in [6, 6.07) is 7.98. The van der Waals surface area contributed by atoms with Gasteiger partial charge in [-0.15, -0.1) is 0 Å². The molecule has 94 valence electrons. The van der Waals surface area contributed by atoms with E-state index >= 15 is 0 Å². The lowest BCUT2D eigenvalue weighted by molar-refractivity contribution is 0.354. The number of benzene rings is 1. The zero-order chi connectivity index (χ0) is 12.7. The van der Waals surface area contributed by atoms with Gasteiger partial charge in [-0.05, 0) is 24.5 Å². The van der Waals surface area contributed by atoms with E-state index in [9.17, 15) is 0 Å². The van der Waals surface area contributed by atoms with Crippen molar-refractivity contribution in [2.24, 2.45) is 5.73 Å². The zero-order valence-corrected chi connectivity index (χ0v) is 11.3. The predicted octanol–water partition coefficient (Wildman–Crippen LogP) is 3.66. The van der Waals surface area contributed by atoms with Crippen LogP contribution in [0.1, 0.15) is 18.9 Å². The number of hydrogen-bond acceptors (Lipinski definition) is 2. The maximum atomic E-state index is 5.94. The van der Waals surface area contributed by atoms with Gasteiger partial charge in [0.15, 0.2) is 0 Å². The third kappa shape index (κ3) is 4.99. The Hall–Kier alpha value is -0.700. The third-order valence-electron chi connectivity index (χ3n) is 2.46. The van der Waals surface area contributed by atoms with Gasteiger partial charge in [-0.1, -0.05) is 48.3 Å². The lowest BCUT2D eigenvalue weighted by Gasteiger charge is -2.13. The molecule has 1 atom stereocenters. The quantitative estimate of drug-likeness (QED) is 0.859. The largest absolute Gasteiger partial charge is 0.488 e. The second-order valence-corrected chi connectivity index (χ2v) is 4.53. The molecule has 0 radical (unpaired) electrons. The standard InChI is InChI=1S/C13H17Cl2NO/c1-2-12(16)7-10-5-3-4-6-13(10)17-9-11(15)8-14/h3-6,8,12H,2,7,9,16H2,1H3. The van der Waals surface area contributed by atoms with Gasteiger partial charge in [-0.3, -0.25) is 0 Å². The smallest absolute Gasteiger partial charge is 0.125 e. The Kier molecular flexibility index (Phi) is 6.41. The Morgan fingerprint density at radius 1 is 1.47 bits per heavy atom. The topological polar surface area (TPSA) is 35.2 Å². The summed E-state index contributed by atoms with van der Waals surface area (Å²) < 4.78 is 5.59. The molecule has 0 spiro atoms. The summed E-state index contributed by atoms with van der Waals surface area (Å²) in [5.74, 6) is 0.813. The number of rotatable bonds is 6. The zero-order valence-electron chi connectivity index (χ0n) is 9.83. The van der Waals surface area contributed by atoms with Crippen molar-refractivity contribution >= 4 is 23.2 Å². The summed E-state index contributed by atoms with van der Waals surface area (Å²) in [6.07, 6.45) is 1.74. The summed E-state index contributed by atoms with van der Waals surface area (Å²) in [5, 5.41) is 0.473. The Balaban J connectivity index is 2.70. The van der Waals surface area contributed by atoms with E-state index in [4.69, 9.17) is 33.7 Å². The van der Waals surface area contributed by atoms with Crippen LogP contribution in [0.4, 0.5) is 0 Å². The van der Waals surface area contributed by atoms with Gasteiger partial charge < -0.3 is 10.5 Å². The van der Waals surface area contributed by atoms with Crippen LogP contribution in [0, 0.1) is 0 Å². The Labute approximate surface area is 112 Å². The monoisotopic (exact) mass is 273 g/mol. The predicted molar refractivity (Wildman–Crippen MR) is 73.7 cm³/mol. The maximum absolute atomic E-state index is 5.94. The lowest BCUT2D eigenvalue weighted by Crippen LogP contribution is -2.21. The maximum Gasteiger partial charge on any atom is 0.125 e. The van der Waals surface area contributed by atoms with Crippen LogP contribution in [0.15, 0.2) is 34.8 Å². The van der Waals surface area contributed by atoms with Gasteiger partial charge in [-0.25, -0.2) is 0 Å². The molecule has 0 aromatic heterocycles. The van der Waals surface area contributed by atoms with Crippen molar-refractivity contribution in [2.75, 3.05) is 6.61 Å². The second-order valence-electron chi connectivity index (χ2n) is 3.82. The Bertz CT molecular complexity index is 379. The van der Waals surface area contributed by atoms with Crippen LogP contribution in [0.3, 0.4) is 0 Å². The molecule has 1 aromatic carbocycles. The van der Waals surface area contributed by atoms with Gasteiger partial charge in [0.2, 0.25) is 0 Å². The number of ether oxygens (including phenoxy) is 1. The highest BCUT2D eigenvalue weighted by atomic mass is 35.5. The van der Waals surface area contributed by atoms with E-state index in [1.54, 1.807) is 0 Å². The molecule has 0 aliphatic carbocycles. The van der Waals surface area contributed by atoms with Gasteiger partial charge >= 0.3 is 0 Å². The Morgan fingerprint density at radius 2 is 2.18 bits per heavy atom. The first-order valence-electron chi connectivity index (χ1n) is 5.58. The van der Waals surface area contributed by atoms with Gasteiger partial charge in [0.25, 0.3) is 0 Å². The molecular formula is C13H17Cl2NO. The van der Waals surface area contributed by atoms with Gasteiger partial charge in [0.05, 0.1) is 5.03 Å². The van der Waals surface area contributed by atoms with E-state index in [1.807, 2.05) is 24.3 Å². The number of para-hydroxylation sites is 1. The van der Waals surface area contributed by atoms with Crippen molar-refractivity contribution in [1.82, 2.24) is 0 Å². The SMILES string of the molecule is CCC(N)Cc1ccccc1OCC(Cl)=CCl. The average molecular weight is 274 g/mol. The van der Waals surface area contributed by atoms with E-state index in [0.29, 0.717) is 5.03 Å². The molecule has 0 aliphatic rings. The summed E-state index contributed by atoms with van der Waals surface area (Å²) in [6.45, 7) is 2.35. The summed E-state index contributed by atoms with van der Waals surface area (Å²) >= 11 is 11.3. The first-order chi connectivity index (χ1) is 8.17. The molecule has 2 N–H and O–H groups in total. The van der Waals surface area contributed by atoms with Crippen molar-refractivity contribution in [3.63, 3.8) is 0 Å². The van der Waals surface area contributed by atoms with Crippen molar-refractivity contribution in [3.05, 3.63) is 40.4 Å². The molecule has 0 aliphatic heterocycles. The minimum atomic E-state index is 0.152. The number of halogens is 2. The van der Waals surface area contributed by atoms with E-state index in [0.717, 1.165) is 24.2 Å². The Morgan fingerprint density at radius 3 is 2.82 bits per heavy atom. The molecule has 1 unspecified atom stereocenters. The lowest BCUT2D eigenvalue weighted by atomic mass is 10.0. The minimum Gasteiger partial charge on any atom is -0.488 e. The molecule has 0 saturated carbocycles. The molecule has 0 amide bonds. The van der Waals surface area contributed by atoms with E-state index < -0.39 is 0 Å². The highest BCUT2D eigenvalue weighted by molar-refractivity contribution is 6.36. The summed E-state index contributed by atoms with van der Waals surface area (Å²) in [7, 11) is 0. The number of nitrogens with two attached hydrogens (primary N) is 1. The fourth-order valence-corrected chi connectivity index (χ4v) is 1.54. The van der Waals surface area contributed by atoms with Crippen LogP contribution in [-0.4, -0.2) is 12.6 Å². The van der Waals surface area contributed by atoms with E-state index in [1.165, 1.54) is 5.54 Å². The molecule has 1 rings (SSSR count). The molecule has 0 bridgehead atoms. The first kappa shape index (κ1) is 14.4. The molecule has 0 fully saturated rings. The highest BCUT2D eigenvalue weighted by Gasteiger charge is 2.07. The van der Waals surface area contributed by atoms with Crippen LogP contribution in [-0.2, 0) is 6.42 Å². The third-order valence-corrected chi connectivity index (χ3v) is 3.06. The summed E-state index contributed by atoms with van der Waals surface area (Å²) in [4.78, 5) is 0. The fourth-order valence-electron chi connectivity index (χ4n) is 1.42. The van der Waals surface area contributed by atoms with Gasteiger partial charge in [-0.2, -0.15) is 0 Å². The average Bonchev–Trinajstić information content (AvgIpc) is 2.37. The fraction of sp³-hybridized carbons (Fsp3) is 0.385. The molecule has 1 aromatic rings. The van der Waals surface area contributed by atoms with Crippen LogP contribution >= 0.6 is 23.2 Å². The molecule has 17 heavy (non-hydrogen) atoms. The van der Waals surface area contributed by atoms with Gasteiger partial charge in [0, 0.05) is 11.6 Å².